The molecule has 138 valence electrons. The smallest absolute Gasteiger partial charge is 0.0442 e. The van der Waals surface area contributed by atoms with Crippen molar-refractivity contribution in [1.82, 2.24) is 0 Å². The van der Waals surface area contributed by atoms with Crippen LogP contribution in [0.4, 0.5) is 0 Å². The van der Waals surface area contributed by atoms with E-state index in [2.05, 4.69) is 34.6 Å². The lowest BCUT2D eigenvalue weighted by atomic mass is 9.90. The molecule has 0 aromatic carbocycles. The van der Waals surface area contributed by atoms with Gasteiger partial charge in [-0.3, -0.25) is 4.99 Å². The van der Waals surface area contributed by atoms with Gasteiger partial charge in [0.1, 0.15) is 0 Å². The maximum Gasteiger partial charge on any atom is 0.0442 e. The van der Waals surface area contributed by atoms with Crippen LogP contribution in [0.15, 0.2) is 4.99 Å². The summed E-state index contributed by atoms with van der Waals surface area (Å²) in [4.78, 5) is 4.85. The minimum Gasteiger partial charge on any atom is -0.291 e. The Balaban J connectivity index is 4.04. The zero-order valence-electron chi connectivity index (χ0n) is 17.0. The summed E-state index contributed by atoms with van der Waals surface area (Å²) in [6.45, 7) is 11.3. The lowest BCUT2D eigenvalue weighted by Gasteiger charge is -2.18. The Hall–Kier alpha value is -0.330. The minimum atomic E-state index is 0.451. The molecule has 23 heavy (non-hydrogen) atoms. The van der Waals surface area contributed by atoms with E-state index in [1.807, 2.05) is 0 Å². The number of nitrogens with zero attached hydrogens (tertiary/aromatic N) is 1. The van der Waals surface area contributed by atoms with Crippen molar-refractivity contribution in [3.8, 4) is 0 Å². The molecule has 0 heterocycles. The van der Waals surface area contributed by atoms with Gasteiger partial charge in [-0.15, -0.1) is 0 Å². The van der Waals surface area contributed by atoms with E-state index in [9.17, 15) is 0 Å². The molecule has 0 spiro atoms. The quantitative estimate of drug-likeness (QED) is 0.202. The van der Waals surface area contributed by atoms with E-state index in [0.717, 1.165) is 5.92 Å². The third-order valence-corrected chi connectivity index (χ3v) is 4.86. The highest BCUT2D eigenvalue weighted by Gasteiger charge is 2.12. The zero-order chi connectivity index (χ0) is 17.3. The fourth-order valence-corrected chi connectivity index (χ4v) is 3.42. The Morgan fingerprint density at radius 3 is 1.43 bits per heavy atom. The largest absolute Gasteiger partial charge is 0.291 e. The lowest BCUT2D eigenvalue weighted by molar-refractivity contribution is 0.481. The summed E-state index contributed by atoms with van der Waals surface area (Å²) in [5.74, 6) is 0.745. The van der Waals surface area contributed by atoms with Crippen LogP contribution in [-0.4, -0.2) is 11.8 Å². The molecular weight excluding hydrogens is 278 g/mol. The van der Waals surface area contributed by atoms with Crippen LogP contribution in [0.5, 0.6) is 0 Å². The Labute approximate surface area is 147 Å². The van der Waals surface area contributed by atoms with Crippen LogP contribution < -0.4 is 0 Å². The molecule has 0 amide bonds. The third-order valence-electron chi connectivity index (χ3n) is 4.86. The highest BCUT2D eigenvalue weighted by Crippen LogP contribution is 2.21. The van der Waals surface area contributed by atoms with Gasteiger partial charge < -0.3 is 0 Å². The van der Waals surface area contributed by atoms with E-state index >= 15 is 0 Å². The average Bonchev–Trinajstić information content (AvgIpc) is 2.51. The van der Waals surface area contributed by atoms with Gasteiger partial charge in [-0.25, -0.2) is 0 Å². The van der Waals surface area contributed by atoms with E-state index in [0.29, 0.717) is 6.04 Å². The first kappa shape index (κ1) is 22.7. The van der Waals surface area contributed by atoms with Crippen LogP contribution in [0.3, 0.4) is 0 Å². The SMILES string of the molecule is CCCCCCCCC(CCCCCCCC)C(C)=NC(C)C. The van der Waals surface area contributed by atoms with Gasteiger partial charge in [0.05, 0.1) is 0 Å². The van der Waals surface area contributed by atoms with Gasteiger partial charge in [-0.1, -0.05) is 90.9 Å². The van der Waals surface area contributed by atoms with Crippen molar-refractivity contribution in [2.45, 2.75) is 131 Å². The molecule has 0 aliphatic carbocycles. The minimum absolute atomic E-state index is 0.451. The van der Waals surface area contributed by atoms with E-state index in [-0.39, 0.29) is 0 Å². The molecule has 0 fully saturated rings. The Morgan fingerprint density at radius 1 is 0.652 bits per heavy atom. The molecule has 0 saturated heterocycles. The number of aliphatic imine (C=N–C) groups is 1. The normalized spacial score (nSPS) is 12.6. The van der Waals surface area contributed by atoms with Crippen molar-refractivity contribution >= 4 is 5.71 Å². The summed E-state index contributed by atoms with van der Waals surface area (Å²) in [7, 11) is 0. The van der Waals surface area contributed by atoms with Gasteiger partial charge in [-0.2, -0.15) is 0 Å². The van der Waals surface area contributed by atoms with Gasteiger partial charge >= 0.3 is 0 Å². The van der Waals surface area contributed by atoms with Gasteiger partial charge in [-0.05, 0) is 39.5 Å². The monoisotopic (exact) mass is 323 g/mol. The van der Waals surface area contributed by atoms with Gasteiger partial charge in [0, 0.05) is 11.8 Å². The molecule has 0 aliphatic rings. The first-order chi connectivity index (χ1) is 11.1. The van der Waals surface area contributed by atoms with Crippen molar-refractivity contribution in [3.05, 3.63) is 0 Å². The van der Waals surface area contributed by atoms with E-state index in [1.54, 1.807) is 0 Å². The number of hydrogen-bond donors (Lipinski definition) is 0. The molecule has 0 saturated carbocycles. The molecule has 0 atom stereocenters. The van der Waals surface area contributed by atoms with Crippen molar-refractivity contribution in [1.29, 1.82) is 0 Å². The summed E-state index contributed by atoms with van der Waals surface area (Å²) in [5, 5.41) is 0. The Bertz CT molecular complexity index is 251. The zero-order valence-corrected chi connectivity index (χ0v) is 17.0. The molecule has 0 unspecified atom stereocenters. The number of hydrogen-bond acceptors (Lipinski definition) is 1. The second-order valence-electron chi connectivity index (χ2n) is 7.67. The first-order valence-corrected chi connectivity index (χ1v) is 10.7. The van der Waals surface area contributed by atoms with Crippen LogP contribution in [0, 0.1) is 5.92 Å². The topological polar surface area (TPSA) is 12.4 Å². The Morgan fingerprint density at radius 2 is 1.04 bits per heavy atom. The fourth-order valence-electron chi connectivity index (χ4n) is 3.42. The summed E-state index contributed by atoms with van der Waals surface area (Å²) in [6.07, 6.45) is 19.6. The highest BCUT2D eigenvalue weighted by atomic mass is 14.8. The van der Waals surface area contributed by atoms with Gasteiger partial charge in [0.25, 0.3) is 0 Å². The lowest BCUT2D eigenvalue weighted by Crippen LogP contribution is -2.13. The third kappa shape index (κ3) is 15.0. The van der Waals surface area contributed by atoms with Crippen LogP contribution >= 0.6 is 0 Å². The van der Waals surface area contributed by atoms with Crippen LogP contribution in [-0.2, 0) is 0 Å². The second kappa shape index (κ2) is 16.5. The molecule has 0 aliphatic heterocycles. The standard InChI is InChI=1S/C22H45N/c1-6-8-10-12-14-16-18-22(21(5)23-20(3)4)19-17-15-13-11-9-7-2/h20,22H,6-19H2,1-5H3. The van der Waals surface area contributed by atoms with Gasteiger partial charge in [0.2, 0.25) is 0 Å². The van der Waals surface area contributed by atoms with Gasteiger partial charge in [0.15, 0.2) is 0 Å². The maximum atomic E-state index is 4.85. The predicted octanol–water partition coefficient (Wildman–Crippen LogP) is 7.97. The van der Waals surface area contributed by atoms with E-state index < -0.39 is 0 Å². The molecule has 0 N–H and O–H groups in total. The van der Waals surface area contributed by atoms with Crippen LogP contribution in [0.25, 0.3) is 0 Å². The molecule has 0 aromatic rings. The fraction of sp³-hybridized carbons (Fsp3) is 0.955. The summed E-state index contributed by atoms with van der Waals surface area (Å²) < 4.78 is 0. The summed E-state index contributed by atoms with van der Waals surface area (Å²) >= 11 is 0. The van der Waals surface area contributed by atoms with Crippen molar-refractivity contribution in [2.24, 2.45) is 10.9 Å². The molecule has 1 heteroatoms. The van der Waals surface area contributed by atoms with Crippen LogP contribution in [0.1, 0.15) is 125 Å². The molecular formula is C22H45N. The maximum absolute atomic E-state index is 4.85. The molecule has 1 nitrogen and oxygen atoms in total. The second-order valence-corrected chi connectivity index (χ2v) is 7.67. The Kier molecular flexibility index (Phi) is 16.3. The van der Waals surface area contributed by atoms with Crippen molar-refractivity contribution in [2.75, 3.05) is 0 Å². The average molecular weight is 324 g/mol. The predicted molar refractivity (Wildman–Crippen MR) is 108 cm³/mol. The van der Waals surface area contributed by atoms with E-state index in [1.165, 1.54) is 95.6 Å². The molecule has 0 bridgehead atoms. The molecule has 0 aromatic heterocycles. The van der Waals surface area contributed by atoms with Crippen molar-refractivity contribution in [3.63, 3.8) is 0 Å². The number of rotatable bonds is 16. The van der Waals surface area contributed by atoms with Crippen molar-refractivity contribution < 1.29 is 0 Å². The first-order valence-electron chi connectivity index (χ1n) is 10.7. The molecule has 0 rings (SSSR count). The van der Waals surface area contributed by atoms with E-state index in [4.69, 9.17) is 4.99 Å². The summed E-state index contributed by atoms with van der Waals surface area (Å²) in [5.41, 5.74) is 1.42. The molecule has 0 radical (unpaired) electrons. The van der Waals surface area contributed by atoms with Crippen LogP contribution in [0.2, 0.25) is 0 Å². The highest BCUT2D eigenvalue weighted by molar-refractivity contribution is 5.84. The number of unbranched alkanes of at least 4 members (excludes halogenated alkanes) is 10. The summed E-state index contributed by atoms with van der Waals surface area (Å²) in [6, 6.07) is 0.451.